The van der Waals surface area contributed by atoms with Gasteiger partial charge in [0.15, 0.2) is 0 Å². The number of ether oxygens (including phenoxy) is 1. The zero-order valence-corrected chi connectivity index (χ0v) is 19.2. The number of aliphatic carboxylic acids is 1. The average Bonchev–Trinajstić information content (AvgIpc) is 3.21. The molecule has 3 rings (SSSR count). The lowest BCUT2D eigenvalue weighted by Crippen LogP contribution is -2.51. The highest BCUT2D eigenvalue weighted by molar-refractivity contribution is 5.83. The summed E-state index contributed by atoms with van der Waals surface area (Å²) in [5, 5.41) is 27.0. The fourth-order valence-corrected chi connectivity index (χ4v) is 4.49. The van der Waals surface area contributed by atoms with E-state index in [-0.39, 0.29) is 30.4 Å². The van der Waals surface area contributed by atoms with Gasteiger partial charge in [0.05, 0.1) is 31.1 Å². The van der Waals surface area contributed by atoms with E-state index in [1.807, 2.05) is 44.2 Å². The average molecular weight is 471 g/mol. The van der Waals surface area contributed by atoms with E-state index in [1.54, 1.807) is 24.5 Å². The van der Waals surface area contributed by atoms with Gasteiger partial charge in [-0.2, -0.15) is 0 Å². The van der Waals surface area contributed by atoms with Crippen molar-refractivity contribution in [3.05, 3.63) is 76.1 Å². The Morgan fingerprint density at radius 1 is 1.24 bits per heavy atom. The molecule has 10 heteroatoms. The van der Waals surface area contributed by atoms with Crippen LogP contribution in [0.15, 0.2) is 54.9 Å². The third kappa shape index (κ3) is 6.15. The Morgan fingerprint density at radius 2 is 1.97 bits per heavy atom. The topological polar surface area (TPSA) is 144 Å². The quantitative estimate of drug-likeness (QED) is 0.335. The molecule has 1 aliphatic heterocycles. The molecule has 182 valence electrons. The van der Waals surface area contributed by atoms with Crippen molar-refractivity contribution in [3.8, 4) is 0 Å². The van der Waals surface area contributed by atoms with Gasteiger partial charge in [-0.1, -0.05) is 50.2 Å². The second-order valence-electron chi connectivity index (χ2n) is 8.70. The summed E-state index contributed by atoms with van der Waals surface area (Å²) >= 11 is 0. The maximum atomic E-state index is 13.1. The van der Waals surface area contributed by atoms with Gasteiger partial charge in [-0.3, -0.25) is 30.0 Å². The third-order valence-corrected chi connectivity index (χ3v) is 6.01. The molecule has 1 aromatic carbocycles. The number of rotatable bonds is 11. The van der Waals surface area contributed by atoms with Crippen molar-refractivity contribution in [3.63, 3.8) is 0 Å². The van der Waals surface area contributed by atoms with Gasteiger partial charge in [0.25, 0.3) is 0 Å². The van der Waals surface area contributed by atoms with Gasteiger partial charge in [-0.05, 0) is 23.1 Å². The van der Waals surface area contributed by atoms with Gasteiger partial charge in [0, 0.05) is 23.9 Å². The predicted octanol–water partition coefficient (Wildman–Crippen LogP) is 2.19. The number of hydrogen-bond acceptors (Lipinski definition) is 7. The van der Waals surface area contributed by atoms with Crippen molar-refractivity contribution >= 4 is 11.9 Å². The fourth-order valence-electron chi connectivity index (χ4n) is 4.49. The Bertz CT molecular complexity index is 972. The van der Waals surface area contributed by atoms with Crippen molar-refractivity contribution < 1.29 is 24.4 Å². The first-order valence-corrected chi connectivity index (χ1v) is 11.2. The summed E-state index contributed by atoms with van der Waals surface area (Å²) in [5.41, 5.74) is 1.52. The van der Waals surface area contributed by atoms with Crippen LogP contribution in [0.4, 0.5) is 0 Å². The first-order chi connectivity index (χ1) is 16.3. The Kier molecular flexibility index (Phi) is 8.67. The SMILES string of the molecule is CC(C)C(OCc1ccccc1)C1C([N+](=O)[O-])[C@H](c2cccnc2)N[C@@H]1C(=O)NCCC(=O)O. The molecule has 5 atom stereocenters. The molecule has 2 aromatic rings. The van der Waals surface area contributed by atoms with E-state index >= 15 is 0 Å². The van der Waals surface area contributed by atoms with E-state index in [4.69, 9.17) is 9.84 Å². The van der Waals surface area contributed by atoms with Crippen molar-refractivity contribution in [2.45, 2.75) is 51.1 Å². The molecule has 0 spiro atoms. The lowest BCUT2D eigenvalue weighted by atomic mass is 9.82. The number of carboxylic acid groups (broad SMARTS) is 1. The lowest BCUT2D eigenvalue weighted by Gasteiger charge is -2.31. The molecule has 1 aliphatic rings. The number of pyridine rings is 1. The zero-order valence-electron chi connectivity index (χ0n) is 19.2. The second-order valence-corrected chi connectivity index (χ2v) is 8.70. The molecular weight excluding hydrogens is 440 g/mol. The summed E-state index contributed by atoms with van der Waals surface area (Å²) in [4.78, 5) is 40.1. The Labute approximate surface area is 197 Å². The highest BCUT2D eigenvalue weighted by atomic mass is 16.6. The third-order valence-electron chi connectivity index (χ3n) is 6.01. The summed E-state index contributed by atoms with van der Waals surface area (Å²) in [6, 6.07) is 10.0. The number of carbonyl (C=O) groups is 2. The highest BCUT2D eigenvalue weighted by Gasteiger charge is 2.57. The molecular formula is C24H30N4O6. The van der Waals surface area contributed by atoms with Crippen molar-refractivity contribution in [1.29, 1.82) is 0 Å². The van der Waals surface area contributed by atoms with Crippen LogP contribution in [0.2, 0.25) is 0 Å². The number of nitrogens with one attached hydrogen (secondary N) is 2. The van der Waals surface area contributed by atoms with Crippen molar-refractivity contribution in [2.24, 2.45) is 11.8 Å². The summed E-state index contributed by atoms with van der Waals surface area (Å²) in [5.74, 6) is -2.45. The van der Waals surface area contributed by atoms with Gasteiger partial charge in [0.1, 0.15) is 6.04 Å². The number of benzene rings is 1. The molecule has 10 nitrogen and oxygen atoms in total. The molecule has 34 heavy (non-hydrogen) atoms. The summed E-state index contributed by atoms with van der Waals surface area (Å²) in [7, 11) is 0. The van der Waals surface area contributed by atoms with Gasteiger partial charge < -0.3 is 15.2 Å². The number of aromatic nitrogens is 1. The molecule has 1 amide bonds. The summed E-state index contributed by atoms with van der Waals surface area (Å²) < 4.78 is 6.23. The number of amides is 1. The van der Waals surface area contributed by atoms with E-state index in [1.165, 1.54) is 0 Å². The van der Waals surface area contributed by atoms with Crippen LogP contribution in [-0.4, -0.2) is 51.6 Å². The first-order valence-electron chi connectivity index (χ1n) is 11.2. The van der Waals surface area contributed by atoms with E-state index in [0.717, 1.165) is 5.56 Å². The minimum absolute atomic E-state index is 0.0724. The van der Waals surface area contributed by atoms with Crippen LogP contribution in [0.5, 0.6) is 0 Å². The standard InChI is InChI=1S/C24H30N4O6/c1-15(2)23(34-14-16-7-4-3-5-8-16)19-21(24(31)26-12-10-18(29)30)27-20(22(19)28(32)33)17-9-6-11-25-13-17/h3-9,11,13,15,19-23,27H,10,12,14H2,1-2H3,(H,26,31)(H,29,30)/t19?,20-,21-,22?,23?/m0/s1. The van der Waals surface area contributed by atoms with Crippen LogP contribution in [-0.2, 0) is 20.9 Å². The second kappa shape index (κ2) is 11.7. The van der Waals surface area contributed by atoms with Crippen molar-refractivity contribution in [1.82, 2.24) is 15.6 Å². The van der Waals surface area contributed by atoms with Gasteiger partial charge in [-0.25, -0.2) is 0 Å². The predicted molar refractivity (Wildman–Crippen MR) is 123 cm³/mol. The molecule has 0 aliphatic carbocycles. The smallest absolute Gasteiger partial charge is 0.305 e. The van der Waals surface area contributed by atoms with Crippen LogP contribution in [0.25, 0.3) is 0 Å². The van der Waals surface area contributed by atoms with Crippen LogP contribution in [0.1, 0.15) is 37.4 Å². The number of hydrogen-bond donors (Lipinski definition) is 3. The molecule has 0 bridgehead atoms. The van der Waals surface area contributed by atoms with E-state index in [0.29, 0.717) is 5.56 Å². The molecule has 0 saturated carbocycles. The van der Waals surface area contributed by atoms with E-state index in [2.05, 4.69) is 15.6 Å². The number of carbonyl (C=O) groups excluding carboxylic acids is 1. The summed E-state index contributed by atoms with van der Waals surface area (Å²) in [6.45, 7) is 3.99. The van der Waals surface area contributed by atoms with Crippen LogP contribution in [0, 0.1) is 22.0 Å². The molecule has 1 fully saturated rings. The highest BCUT2D eigenvalue weighted by Crippen LogP contribution is 2.39. The van der Waals surface area contributed by atoms with Crippen LogP contribution >= 0.6 is 0 Å². The zero-order chi connectivity index (χ0) is 24.7. The molecule has 0 radical (unpaired) electrons. The van der Waals surface area contributed by atoms with Crippen LogP contribution < -0.4 is 10.6 Å². The largest absolute Gasteiger partial charge is 0.481 e. The van der Waals surface area contributed by atoms with Gasteiger partial charge in [-0.15, -0.1) is 0 Å². The fraction of sp³-hybridized carbons (Fsp3) is 0.458. The molecule has 1 aromatic heterocycles. The van der Waals surface area contributed by atoms with Gasteiger partial charge >= 0.3 is 5.97 Å². The Hall–Kier alpha value is -3.37. The molecule has 3 unspecified atom stereocenters. The minimum atomic E-state index is -1.15. The Morgan fingerprint density at radius 3 is 2.56 bits per heavy atom. The minimum Gasteiger partial charge on any atom is -0.481 e. The van der Waals surface area contributed by atoms with Gasteiger partial charge in [0.2, 0.25) is 11.9 Å². The number of nitro groups is 1. The molecule has 2 heterocycles. The Balaban J connectivity index is 1.93. The first kappa shape index (κ1) is 25.3. The van der Waals surface area contributed by atoms with Crippen molar-refractivity contribution in [2.75, 3.05) is 6.54 Å². The summed E-state index contributed by atoms with van der Waals surface area (Å²) in [6.07, 6.45) is 2.27. The normalized spacial score (nSPS) is 22.9. The number of nitrogens with zero attached hydrogens (tertiary/aromatic N) is 2. The lowest BCUT2D eigenvalue weighted by molar-refractivity contribution is -0.535. The van der Waals surface area contributed by atoms with Crippen LogP contribution in [0.3, 0.4) is 0 Å². The van der Waals surface area contributed by atoms with E-state index in [9.17, 15) is 19.7 Å². The maximum Gasteiger partial charge on any atom is 0.305 e. The maximum absolute atomic E-state index is 13.1. The molecule has 1 saturated heterocycles. The van der Waals surface area contributed by atoms with E-state index < -0.39 is 42.0 Å². The number of carboxylic acids is 1. The molecule has 3 N–H and O–H groups in total. The monoisotopic (exact) mass is 470 g/mol.